The summed E-state index contributed by atoms with van der Waals surface area (Å²) in [4.78, 5) is 92.3. The average molecular weight is 1650 g/mol. The van der Waals surface area contributed by atoms with Crippen LogP contribution in [-0.2, 0) is 165 Å². The molecule has 115 heavy (non-hydrogen) atoms. The fourth-order valence-electron chi connectivity index (χ4n) is 9.55. The first-order chi connectivity index (χ1) is 56.0. The number of carbonyl (C=O) groups is 7. The molecule has 0 bridgehead atoms. The second kappa shape index (κ2) is 76.3. The van der Waals surface area contributed by atoms with Crippen LogP contribution in [0.15, 0.2) is 36.4 Å². The first-order valence-electron chi connectivity index (χ1n) is 40.2. The highest BCUT2D eigenvalue weighted by Crippen LogP contribution is 2.20. The summed E-state index contributed by atoms with van der Waals surface area (Å²) in [5, 5.41) is 2.78. The van der Waals surface area contributed by atoms with E-state index in [2.05, 4.69) is 5.32 Å². The number of nitrogens with one attached hydrogen (secondary N) is 1. The van der Waals surface area contributed by atoms with Gasteiger partial charge >= 0.3 is 5.97 Å². The minimum atomic E-state index is -0.837. The van der Waals surface area contributed by atoms with Crippen LogP contribution < -0.4 is 5.32 Å². The molecular formula is C80H139N3O32. The highest BCUT2D eigenvalue weighted by molar-refractivity contribution is 6.14. The quantitative estimate of drug-likeness (QED) is 0.0556. The summed E-state index contributed by atoms with van der Waals surface area (Å²) in [6, 6.07) is 6.27. The van der Waals surface area contributed by atoms with E-state index in [0.717, 1.165) is 28.2 Å². The van der Waals surface area contributed by atoms with E-state index < -0.39 is 47.5 Å². The Morgan fingerprint density at radius 2 is 0.635 bits per heavy atom. The maximum Gasteiger partial charge on any atom is 0.311 e. The van der Waals surface area contributed by atoms with Gasteiger partial charge in [0.05, 0.1) is 322 Å². The van der Waals surface area contributed by atoms with Gasteiger partial charge in [0.2, 0.25) is 11.8 Å². The molecule has 666 valence electrons. The van der Waals surface area contributed by atoms with Crippen LogP contribution in [0.1, 0.15) is 65.5 Å². The van der Waals surface area contributed by atoms with E-state index in [1.807, 2.05) is 13.8 Å². The van der Waals surface area contributed by atoms with Gasteiger partial charge in [0, 0.05) is 57.5 Å². The van der Waals surface area contributed by atoms with E-state index in [1.165, 1.54) is 4.90 Å². The molecule has 0 saturated carbocycles. The van der Waals surface area contributed by atoms with Gasteiger partial charge in [-0.05, 0) is 44.7 Å². The Balaban J connectivity index is 1.28. The molecule has 1 aliphatic heterocycles. The Morgan fingerprint density at radius 3 is 0.896 bits per heavy atom. The summed E-state index contributed by atoms with van der Waals surface area (Å²) < 4.78 is 137. The molecule has 0 aromatic heterocycles. The molecule has 2 rings (SSSR count). The van der Waals surface area contributed by atoms with Crippen LogP contribution in [-0.4, -0.2) is 394 Å². The number of benzene rings is 1. The molecule has 0 aliphatic carbocycles. The third-order valence-corrected chi connectivity index (χ3v) is 16.1. The Hall–Kier alpha value is -5.11. The maximum absolute atomic E-state index is 13.5. The predicted octanol–water partition coefficient (Wildman–Crippen LogP) is 2.80. The molecule has 1 N–H and O–H groups in total. The average Bonchev–Trinajstić information content (AvgIpc) is 1.77. The minimum Gasteiger partial charge on any atom is -0.460 e. The van der Waals surface area contributed by atoms with Crippen LogP contribution in [0, 0.1) is 17.3 Å². The summed E-state index contributed by atoms with van der Waals surface area (Å²) in [6.45, 7) is 31.0. The fraction of sp³-hybridized carbons (Fsp3) is 0.812. The Labute approximate surface area is 681 Å². The first kappa shape index (κ1) is 106. The molecule has 4 amide bonds. The smallest absolute Gasteiger partial charge is 0.311 e. The van der Waals surface area contributed by atoms with Crippen molar-refractivity contribution in [1.82, 2.24) is 15.1 Å². The largest absolute Gasteiger partial charge is 0.460 e. The number of carbonyl (C=O) groups excluding carboxylic acids is 7. The van der Waals surface area contributed by atoms with E-state index in [0.29, 0.717) is 291 Å². The van der Waals surface area contributed by atoms with Gasteiger partial charge in [0.1, 0.15) is 18.9 Å². The van der Waals surface area contributed by atoms with Crippen molar-refractivity contribution in [1.29, 1.82) is 0 Å². The predicted molar refractivity (Wildman–Crippen MR) is 418 cm³/mol. The molecule has 1 aromatic rings. The van der Waals surface area contributed by atoms with E-state index in [4.69, 9.17) is 118 Å². The number of hydrogen-bond acceptors (Lipinski definition) is 32. The van der Waals surface area contributed by atoms with Crippen LogP contribution in [0.3, 0.4) is 0 Å². The topological polar surface area (TPSA) is 369 Å². The van der Waals surface area contributed by atoms with Crippen molar-refractivity contribution in [3.63, 3.8) is 0 Å². The number of ketones is 2. The highest BCUT2D eigenvalue weighted by atomic mass is 16.6. The SMILES string of the molecule is COCCOCCOCCOCCOCCOCCOCCOCCOCCOCCOCCOCCOCCOCCOCCOCCOCCOCCOCCOCCOCCOCCOCCOCCN(CCC(=O)C[C@H](C(=O)N[C@@H](C)C(=O)Cc1ccc(COC(=O)C(C)(C)C)cc1)C(C)C)C(=O)CN1C(=O)C=CC1=O. The lowest BCUT2D eigenvalue weighted by Crippen LogP contribution is -2.45. The van der Waals surface area contributed by atoms with E-state index in [1.54, 1.807) is 59.1 Å². The fourth-order valence-corrected chi connectivity index (χ4v) is 9.55. The number of methoxy groups -OCH3 is 1. The number of rotatable bonds is 87. The maximum atomic E-state index is 13.5. The first-order valence-corrected chi connectivity index (χ1v) is 40.2. The van der Waals surface area contributed by atoms with Crippen molar-refractivity contribution in [2.75, 3.05) is 337 Å². The van der Waals surface area contributed by atoms with Gasteiger partial charge in [-0.2, -0.15) is 0 Å². The number of esters is 1. The number of ether oxygens (including phenoxy) is 25. The number of imide groups is 1. The van der Waals surface area contributed by atoms with Gasteiger partial charge in [-0.25, -0.2) is 0 Å². The number of amides is 4. The molecule has 1 aliphatic rings. The normalized spacial score (nSPS) is 12.9. The van der Waals surface area contributed by atoms with Crippen molar-refractivity contribution in [3.05, 3.63) is 47.5 Å². The van der Waals surface area contributed by atoms with E-state index in [9.17, 15) is 33.6 Å². The van der Waals surface area contributed by atoms with Crippen molar-refractivity contribution >= 4 is 41.2 Å². The van der Waals surface area contributed by atoms with E-state index >= 15 is 0 Å². The van der Waals surface area contributed by atoms with Gasteiger partial charge in [0.15, 0.2) is 5.78 Å². The van der Waals surface area contributed by atoms with Crippen LogP contribution in [0.2, 0.25) is 0 Å². The lowest BCUT2D eigenvalue weighted by molar-refractivity contribution is -0.154. The zero-order valence-corrected chi connectivity index (χ0v) is 69.8. The molecule has 0 radical (unpaired) electrons. The van der Waals surface area contributed by atoms with Crippen LogP contribution in [0.25, 0.3) is 0 Å². The summed E-state index contributed by atoms with van der Waals surface area (Å²) >= 11 is 0. The molecule has 0 unspecified atom stereocenters. The van der Waals surface area contributed by atoms with Crippen molar-refractivity contribution in [3.8, 4) is 0 Å². The number of hydrogen-bond donors (Lipinski definition) is 1. The molecule has 0 saturated heterocycles. The van der Waals surface area contributed by atoms with Gasteiger partial charge in [-0.3, -0.25) is 38.5 Å². The van der Waals surface area contributed by atoms with Crippen LogP contribution in [0.5, 0.6) is 0 Å². The lowest BCUT2D eigenvalue weighted by atomic mass is 9.88. The van der Waals surface area contributed by atoms with Gasteiger partial charge in [-0.15, -0.1) is 0 Å². The second-order valence-electron chi connectivity index (χ2n) is 26.9. The second-order valence-corrected chi connectivity index (χ2v) is 26.9. The van der Waals surface area contributed by atoms with Gasteiger partial charge in [0.25, 0.3) is 11.8 Å². The van der Waals surface area contributed by atoms with Crippen LogP contribution >= 0.6 is 0 Å². The Morgan fingerprint density at radius 1 is 0.374 bits per heavy atom. The third-order valence-electron chi connectivity index (χ3n) is 16.1. The summed E-state index contributed by atoms with van der Waals surface area (Å²) in [5.74, 6) is -4.07. The molecular weight excluding hydrogens is 1510 g/mol. The molecule has 35 heteroatoms. The monoisotopic (exact) mass is 1650 g/mol. The standard InChI is InChI=1S/C80H139N3O32/c1-68(2)73(78(89)81-69(3)74(85)64-70-8-10-71(11-9-70)67-115-79(90)80(4,5)6)65-72(84)14-15-82(77(88)66-83-75(86)12-13-76(83)87)16-17-92-20-21-94-24-25-96-28-29-98-32-33-100-36-37-102-40-41-104-44-45-106-48-49-108-52-53-110-56-57-112-60-61-114-63-62-113-59-58-111-55-54-109-51-50-107-47-46-105-43-42-103-39-38-101-35-34-99-31-30-97-27-26-95-23-22-93-19-18-91-7/h8-13,68-69,73H,14-67H2,1-7H3,(H,81,89)/t69-,73-/m0/s1. The Bertz CT molecular complexity index is 2540. The lowest BCUT2D eigenvalue weighted by Gasteiger charge is -2.25. The zero-order chi connectivity index (χ0) is 83.4. The summed E-state index contributed by atoms with van der Waals surface area (Å²) in [5.41, 5.74) is 0.869. The third kappa shape index (κ3) is 64.5. The van der Waals surface area contributed by atoms with Gasteiger partial charge < -0.3 is 129 Å². The summed E-state index contributed by atoms with van der Waals surface area (Å²) in [7, 11) is 1.64. The Kier molecular flexibility index (Phi) is 70.3. The molecule has 0 fully saturated rings. The minimum absolute atomic E-state index is 0.0467. The van der Waals surface area contributed by atoms with Gasteiger partial charge in [-0.1, -0.05) is 38.1 Å². The molecule has 1 aromatic carbocycles. The molecule has 35 nitrogen and oxygen atoms in total. The number of Topliss-reactive ketones (excluding diaryl/α,β-unsaturated/α-hetero) is 2. The molecule has 2 atom stereocenters. The molecule has 1 heterocycles. The number of nitrogens with zero attached hydrogens (tertiary/aromatic N) is 2. The van der Waals surface area contributed by atoms with Crippen molar-refractivity contribution < 1.29 is 152 Å². The van der Waals surface area contributed by atoms with Crippen molar-refractivity contribution in [2.45, 2.75) is 73.5 Å². The summed E-state index contributed by atoms with van der Waals surface area (Å²) in [6.07, 6.45) is 1.99. The highest BCUT2D eigenvalue weighted by Gasteiger charge is 2.31. The zero-order valence-electron chi connectivity index (χ0n) is 69.8. The van der Waals surface area contributed by atoms with Crippen molar-refractivity contribution in [2.24, 2.45) is 17.3 Å². The molecule has 0 spiro atoms. The van der Waals surface area contributed by atoms with Crippen LogP contribution in [0.4, 0.5) is 0 Å². The van der Waals surface area contributed by atoms with E-state index in [-0.39, 0.29) is 82.2 Å².